The zero-order valence-corrected chi connectivity index (χ0v) is 18.9. The summed E-state index contributed by atoms with van der Waals surface area (Å²) in [6.07, 6.45) is 1.49. The van der Waals surface area contributed by atoms with Gasteiger partial charge in [0.05, 0.1) is 30.3 Å². The molecule has 2 aromatic heterocycles. The van der Waals surface area contributed by atoms with Gasteiger partial charge < -0.3 is 14.1 Å². The Labute approximate surface area is 186 Å². The lowest BCUT2D eigenvalue weighted by Crippen LogP contribution is -2.32. The third-order valence-electron chi connectivity index (χ3n) is 5.58. The summed E-state index contributed by atoms with van der Waals surface area (Å²) in [5.41, 5.74) is 2.85. The maximum absolute atomic E-state index is 13.5. The highest BCUT2D eigenvalue weighted by atomic mass is 32.2. The number of methoxy groups -OCH3 is 1. The number of H-pyrrole nitrogens is 1. The van der Waals surface area contributed by atoms with Crippen molar-refractivity contribution < 1.29 is 17.6 Å². The van der Waals surface area contributed by atoms with Crippen molar-refractivity contribution in [1.29, 1.82) is 0 Å². The summed E-state index contributed by atoms with van der Waals surface area (Å²) in [4.78, 5) is 15.9. The lowest BCUT2D eigenvalue weighted by molar-refractivity contribution is 0.357. The predicted molar refractivity (Wildman–Crippen MR) is 122 cm³/mol. The molecule has 0 fully saturated rings. The average molecular weight is 453 g/mol. The molecule has 4 rings (SSSR count). The molecule has 0 spiro atoms. The number of aromatic amines is 1. The normalized spacial score (nSPS) is 11.9. The van der Waals surface area contributed by atoms with Crippen molar-refractivity contribution in [2.45, 2.75) is 31.8 Å². The number of hydrogen-bond donors (Lipinski definition) is 1. The van der Waals surface area contributed by atoms with Crippen LogP contribution in [0.15, 0.2) is 75.0 Å². The van der Waals surface area contributed by atoms with E-state index in [4.69, 9.17) is 9.15 Å². The predicted octanol–water partition coefficient (Wildman–Crippen LogP) is 4.14. The first-order valence-electron chi connectivity index (χ1n) is 10.1. The molecule has 0 saturated heterocycles. The summed E-state index contributed by atoms with van der Waals surface area (Å²) < 4.78 is 38.7. The molecule has 0 atom stereocenters. The molecular weight excluding hydrogens is 428 g/mol. The average Bonchev–Trinajstić information content (AvgIpc) is 3.30. The maximum atomic E-state index is 13.5. The quantitative estimate of drug-likeness (QED) is 0.455. The van der Waals surface area contributed by atoms with Crippen LogP contribution < -0.4 is 10.3 Å². The van der Waals surface area contributed by atoms with Crippen LogP contribution in [0.1, 0.15) is 22.5 Å². The van der Waals surface area contributed by atoms with Gasteiger partial charge in [0.1, 0.15) is 11.5 Å². The van der Waals surface area contributed by atoms with Gasteiger partial charge in [0.2, 0.25) is 10.0 Å². The van der Waals surface area contributed by atoms with Crippen molar-refractivity contribution in [1.82, 2.24) is 9.29 Å². The largest absolute Gasteiger partial charge is 0.497 e. The Kier molecular flexibility index (Phi) is 5.90. The van der Waals surface area contributed by atoms with Gasteiger partial charge in [-0.1, -0.05) is 12.1 Å². The first-order chi connectivity index (χ1) is 15.3. The van der Waals surface area contributed by atoms with Crippen LogP contribution in [0.5, 0.6) is 5.75 Å². The molecule has 2 aromatic carbocycles. The highest BCUT2D eigenvalue weighted by molar-refractivity contribution is 7.89. The molecule has 7 nitrogen and oxygen atoms in total. The number of aromatic nitrogens is 1. The zero-order valence-electron chi connectivity index (χ0n) is 18.1. The second-order valence-electron chi connectivity index (χ2n) is 7.62. The smallest absolute Gasteiger partial charge is 0.252 e. The Morgan fingerprint density at radius 2 is 1.78 bits per heavy atom. The van der Waals surface area contributed by atoms with Crippen molar-refractivity contribution in [3.63, 3.8) is 0 Å². The summed E-state index contributed by atoms with van der Waals surface area (Å²) in [7, 11) is -2.40. The molecule has 0 unspecified atom stereocenters. The van der Waals surface area contributed by atoms with Crippen LogP contribution in [0.25, 0.3) is 10.9 Å². The van der Waals surface area contributed by atoms with Crippen LogP contribution in [-0.4, -0.2) is 24.8 Å². The number of benzene rings is 2. The van der Waals surface area contributed by atoms with E-state index in [9.17, 15) is 13.2 Å². The third-order valence-corrected chi connectivity index (χ3v) is 7.39. The molecule has 0 saturated carbocycles. The van der Waals surface area contributed by atoms with Crippen LogP contribution in [0.4, 0.5) is 0 Å². The summed E-state index contributed by atoms with van der Waals surface area (Å²) in [6, 6.07) is 15.2. The molecule has 0 aliphatic heterocycles. The topological polar surface area (TPSA) is 92.6 Å². The highest BCUT2D eigenvalue weighted by Crippen LogP contribution is 2.24. The van der Waals surface area contributed by atoms with Gasteiger partial charge in [-0.15, -0.1) is 0 Å². The fourth-order valence-electron chi connectivity index (χ4n) is 3.58. The van der Waals surface area contributed by atoms with Crippen LogP contribution in [0.2, 0.25) is 0 Å². The fraction of sp³-hybridized carbons (Fsp3) is 0.208. The number of ether oxygens (including phenoxy) is 1. The number of furan rings is 1. The van der Waals surface area contributed by atoms with E-state index < -0.39 is 10.0 Å². The van der Waals surface area contributed by atoms with Gasteiger partial charge in [0.25, 0.3) is 5.56 Å². The van der Waals surface area contributed by atoms with Gasteiger partial charge in [-0.25, -0.2) is 8.42 Å². The number of hydrogen-bond acceptors (Lipinski definition) is 5. The Morgan fingerprint density at radius 1 is 1.03 bits per heavy atom. The van der Waals surface area contributed by atoms with Gasteiger partial charge in [0.15, 0.2) is 0 Å². The molecule has 166 valence electrons. The van der Waals surface area contributed by atoms with Crippen LogP contribution in [0.3, 0.4) is 0 Å². The van der Waals surface area contributed by atoms with Gasteiger partial charge in [-0.3, -0.25) is 4.79 Å². The molecule has 8 heteroatoms. The minimum atomic E-state index is -3.92. The van der Waals surface area contributed by atoms with Crippen molar-refractivity contribution in [2.75, 3.05) is 7.11 Å². The first kappa shape index (κ1) is 21.9. The third kappa shape index (κ3) is 4.19. The zero-order chi connectivity index (χ0) is 22.9. The molecule has 0 bridgehead atoms. The summed E-state index contributed by atoms with van der Waals surface area (Å²) >= 11 is 0. The van der Waals surface area contributed by atoms with E-state index in [-0.39, 0.29) is 23.5 Å². The van der Waals surface area contributed by atoms with E-state index in [1.165, 1.54) is 29.8 Å². The lowest BCUT2D eigenvalue weighted by atomic mass is 10.0. The van der Waals surface area contributed by atoms with Crippen molar-refractivity contribution in [3.8, 4) is 5.75 Å². The van der Waals surface area contributed by atoms with E-state index in [0.717, 1.165) is 22.0 Å². The number of nitrogens with zero attached hydrogens (tertiary/aromatic N) is 1. The standard InChI is InChI=1S/C24H24N2O5S/c1-16-6-7-18-13-19(24(27)25-23(18)17(16)2)14-26(15-21-5-4-12-31-21)32(28,29)22-10-8-20(30-3)9-11-22/h4-13H,14-15H2,1-3H3,(H,25,27). The Balaban J connectivity index is 1.76. The molecular formula is C24H24N2O5S. The monoisotopic (exact) mass is 452 g/mol. The van der Waals surface area contributed by atoms with E-state index in [2.05, 4.69) is 4.98 Å². The van der Waals surface area contributed by atoms with Crippen molar-refractivity contribution >= 4 is 20.9 Å². The van der Waals surface area contributed by atoms with Gasteiger partial charge >= 0.3 is 0 Å². The number of sulfonamides is 1. The molecule has 4 aromatic rings. The summed E-state index contributed by atoms with van der Waals surface area (Å²) in [6.45, 7) is 3.82. The van der Waals surface area contributed by atoms with E-state index >= 15 is 0 Å². The Bertz CT molecular complexity index is 1410. The lowest BCUT2D eigenvalue weighted by Gasteiger charge is -2.21. The summed E-state index contributed by atoms with van der Waals surface area (Å²) in [5, 5.41) is 0.850. The maximum Gasteiger partial charge on any atom is 0.252 e. The molecule has 0 aliphatic rings. The number of rotatable bonds is 7. The van der Waals surface area contributed by atoms with Crippen LogP contribution in [0, 0.1) is 13.8 Å². The van der Waals surface area contributed by atoms with Gasteiger partial charge in [-0.2, -0.15) is 4.31 Å². The van der Waals surface area contributed by atoms with Gasteiger partial charge in [-0.05, 0) is 72.8 Å². The minimum absolute atomic E-state index is 0.00817. The molecule has 0 amide bonds. The van der Waals surface area contributed by atoms with Gasteiger partial charge in [0, 0.05) is 12.1 Å². The number of aryl methyl sites for hydroxylation is 2. The Morgan fingerprint density at radius 3 is 2.44 bits per heavy atom. The number of fused-ring (bicyclic) bond motifs is 1. The molecule has 32 heavy (non-hydrogen) atoms. The van der Waals surface area contributed by atoms with Crippen molar-refractivity contribution in [2.24, 2.45) is 0 Å². The first-order valence-corrected chi connectivity index (χ1v) is 11.5. The van der Waals surface area contributed by atoms with Crippen molar-refractivity contribution in [3.05, 3.63) is 93.7 Å². The minimum Gasteiger partial charge on any atom is -0.497 e. The van der Waals surface area contributed by atoms with E-state index in [0.29, 0.717) is 17.1 Å². The molecule has 0 radical (unpaired) electrons. The summed E-state index contributed by atoms with van der Waals surface area (Å²) in [5.74, 6) is 1.03. The van der Waals surface area contributed by atoms with Crippen LogP contribution >= 0.6 is 0 Å². The molecule has 1 N–H and O–H groups in total. The second kappa shape index (κ2) is 8.64. The highest BCUT2D eigenvalue weighted by Gasteiger charge is 2.27. The molecule has 0 aliphatic carbocycles. The second-order valence-corrected chi connectivity index (χ2v) is 9.56. The number of pyridine rings is 1. The molecule has 2 heterocycles. The number of nitrogens with one attached hydrogen (secondary N) is 1. The SMILES string of the molecule is COc1ccc(S(=O)(=O)N(Cc2ccco2)Cc2cc3ccc(C)c(C)c3[nH]c2=O)cc1. The van der Waals surface area contributed by atoms with E-state index in [1.807, 2.05) is 26.0 Å². The van der Waals surface area contributed by atoms with E-state index in [1.54, 1.807) is 30.3 Å². The Hall–Kier alpha value is -3.36. The fourth-order valence-corrected chi connectivity index (χ4v) is 4.96. The van der Waals surface area contributed by atoms with Crippen LogP contribution in [-0.2, 0) is 23.1 Å².